The molecule has 10 nitrogen and oxygen atoms in total. The topological polar surface area (TPSA) is 131 Å². The molecule has 200 valence electrons. The van der Waals surface area contributed by atoms with Gasteiger partial charge in [-0.05, 0) is 61.4 Å². The van der Waals surface area contributed by atoms with E-state index in [4.69, 9.17) is 10.1 Å². The fourth-order valence-electron chi connectivity index (χ4n) is 4.28. The second-order valence-corrected chi connectivity index (χ2v) is 11.0. The average molecular weight is 543 g/mol. The third-order valence-corrected chi connectivity index (χ3v) is 7.61. The molecule has 11 heteroatoms. The molecule has 0 spiro atoms. The van der Waals surface area contributed by atoms with Crippen LogP contribution >= 0.6 is 0 Å². The number of nitrogens with two attached hydrogens (primary N) is 1. The second-order valence-electron chi connectivity index (χ2n) is 9.45. The molecule has 0 saturated carbocycles. The Morgan fingerprint density at radius 2 is 1.74 bits per heavy atom. The molecule has 0 aliphatic rings. The van der Waals surface area contributed by atoms with Crippen molar-refractivity contribution in [1.82, 2.24) is 19.5 Å². The molecule has 2 heterocycles. The molecule has 0 aliphatic carbocycles. The number of hydrogen-bond donors (Lipinski definition) is 3. The van der Waals surface area contributed by atoms with Crippen LogP contribution in [0.25, 0.3) is 11.0 Å². The minimum atomic E-state index is -3.85. The van der Waals surface area contributed by atoms with Gasteiger partial charge in [0.1, 0.15) is 5.82 Å². The molecule has 5 rings (SSSR count). The average Bonchev–Trinajstić information content (AvgIpc) is 3.23. The number of fused-ring (bicyclic) bond motifs is 1. The van der Waals surface area contributed by atoms with E-state index < -0.39 is 10.0 Å². The first-order valence-electron chi connectivity index (χ1n) is 12.3. The third-order valence-electron chi connectivity index (χ3n) is 6.56. The van der Waals surface area contributed by atoms with Gasteiger partial charge in [0.05, 0.1) is 15.9 Å². The van der Waals surface area contributed by atoms with Crippen LogP contribution in [0.2, 0.25) is 0 Å². The van der Waals surface area contributed by atoms with Gasteiger partial charge in [-0.2, -0.15) is 4.98 Å². The molecule has 5 aromatic rings. The summed E-state index contributed by atoms with van der Waals surface area (Å²) in [5.41, 5.74) is 6.27. The summed E-state index contributed by atoms with van der Waals surface area (Å²) < 4.78 is 25.8. The number of aromatic nitrogens is 4. The maximum atomic E-state index is 11.9. The van der Waals surface area contributed by atoms with Crippen LogP contribution in [0.5, 0.6) is 0 Å². The Balaban J connectivity index is 1.35. The lowest BCUT2D eigenvalue weighted by Gasteiger charge is -2.19. The first kappa shape index (κ1) is 26.1. The van der Waals surface area contributed by atoms with Gasteiger partial charge in [0.15, 0.2) is 0 Å². The first-order chi connectivity index (χ1) is 18.6. The molecule has 0 atom stereocenters. The summed E-state index contributed by atoms with van der Waals surface area (Å²) >= 11 is 0. The molecule has 0 aliphatic heterocycles. The molecular formula is C28H30N8O2S. The molecule has 39 heavy (non-hydrogen) atoms. The van der Waals surface area contributed by atoms with Crippen molar-refractivity contribution in [2.24, 2.45) is 12.2 Å². The minimum absolute atomic E-state index is 0.0529. The summed E-state index contributed by atoms with van der Waals surface area (Å²) in [6.45, 7) is 4.45. The smallest absolute Gasteiger partial charge is 0.238 e. The zero-order chi connectivity index (χ0) is 27.7. The Labute approximate surface area is 227 Å². The third kappa shape index (κ3) is 5.69. The number of nitrogens with one attached hydrogen (secondary N) is 2. The second kappa shape index (κ2) is 10.4. The highest BCUT2D eigenvalue weighted by Gasteiger charge is 2.14. The quantitative estimate of drug-likeness (QED) is 0.256. The number of primary sulfonamides is 1. The molecule has 0 radical (unpaired) electrons. The van der Waals surface area contributed by atoms with Crippen LogP contribution in [0.4, 0.5) is 29.1 Å². The van der Waals surface area contributed by atoms with Crippen molar-refractivity contribution < 1.29 is 8.42 Å². The van der Waals surface area contributed by atoms with Gasteiger partial charge in [-0.25, -0.2) is 23.5 Å². The molecule has 4 N–H and O–H groups in total. The number of hydrogen-bond acceptors (Lipinski definition) is 8. The van der Waals surface area contributed by atoms with E-state index in [1.165, 1.54) is 17.2 Å². The number of rotatable bonds is 8. The lowest BCUT2D eigenvalue weighted by molar-refractivity contribution is 0.597. The molecule has 0 fully saturated rings. The van der Waals surface area contributed by atoms with Crippen molar-refractivity contribution in [3.8, 4) is 0 Å². The number of sulfonamides is 1. The standard InChI is InChI=1S/C28H30N8O2S/c1-18-5-8-20(9-6-18)17-31-28-33-23-16-22(11-12-24(23)36(28)4)35(3)26-13-14-30-27(34-26)32-21-10-7-19(2)25(15-21)39(29,37)38/h5-16H,17H2,1-4H3,(H,31,33)(H2,29,37,38)(H,30,32,34). The van der Waals surface area contributed by atoms with Gasteiger partial charge in [0, 0.05) is 38.2 Å². The summed E-state index contributed by atoms with van der Waals surface area (Å²) in [6, 6.07) is 21.2. The minimum Gasteiger partial charge on any atom is -0.352 e. The molecule has 0 amide bonds. The highest BCUT2D eigenvalue weighted by molar-refractivity contribution is 7.89. The summed E-state index contributed by atoms with van der Waals surface area (Å²) in [7, 11) is 0.0594. The Morgan fingerprint density at radius 1 is 0.974 bits per heavy atom. The molecule has 0 saturated heterocycles. The van der Waals surface area contributed by atoms with Gasteiger partial charge < -0.3 is 20.1 Å². The van der Waals surface area contributed by atoms with Gasteiger partial charge in [0.2, 0.25) is 21.9 Å². The summed E-state index contributed by atoms with van der Waals surface area (Å²) in [6.07, 6.45) is 1.64. The Bertz CT molecular complexity index is 1760. The van der Waals surface area contributed by atoms with Crippen LogP contribution in [0.3, 0.4) is 0 Å². The predicted molar refractivity (Wildman–Crippen MR) is 155 cm³/mol. The number of nitrogens with zero attached hydrogens (tertiary/aromatic N) is 5. The molecule has 2 aromatic heterocycles. The van der Waals surface area contributed by atoms with Crippen molar-refractivity contribution >= 4 is 50.1 Å². The highest BCUT2D eigenvalue weighted by atomic mass is 32.2. The van der Waals surface area contributed by atoms with Crippen molar-refractivity contribution in [2.75, 3.05) is 22.6 Å². The predicted octanol–water partition coefficient (Wildman–Crippen LogP) is 4.75. The number of anilines is 5. The van der Waals surface area contributed by atoms with Crippen LogP contribution in [-0.2, 0) is 23.6 Å². The maximum Gasteiger partial charge on any atom is 0.238 e. The number of benzene rings is 3. The van der Waals surface area contributed by atoms with E-state index in [0.29, 0.717) is 29.6 Å². The van der Waals surface area contributed by atoms with Crippen molar-refractivity contribution in [3.63, 3.8) is 0 Å². The molecule has 3 aromatic carbocycles. The van der Waals surface area contributed by atoms with Crippen molar-refractivity contribution in [1.29, 1.82) is 0 Å². The summed E-state index contributed by atoms with van der Waals surface area (Å²) in [5, 5.41) is 11.8. The number of imidazole rings is 1. The highest BCUT2D eigenvalue weighted by Crippen LogP contribution is 2.28. The lowest BCUT2D eigenvalue weighted by Crippen LogP contribution is -2.14. The van der Waals surface area contributed by atoms with E-state index in [0.717, 1.165) is 22.7 Å². The van der Waals surface area contributed by atoms with E-state index >= 15 is 0 Å². The van der Waals surface area contributed by atoms with Crippen molar-refractivity contribution in [3.05, 3.63) is 89.6 Å². The van der Waals surface area contributed by atoms with Gasteiger partial charge in [-0.15, -0.1) is 0 Å². The fourth-order valence-corrected chi connectivity index (χ4v) is 5.09. The largest absolute Gasteiger partial charge is 0.352 e. The SMILES string of the molecule is Cc1ccc(CNc2nc3cc(N(C)c4ccnc(Nc5ccc(C)c(S(N)(=O)=O)c5)n4)ccc3n2C)cc1. The van der Waals surface area contributed by atoms with Crippen LogP contribution in [0.15, 0.2) is 77.8 Å². The van der Waals surface area contributed by atoms with Crippen LogP contribution in [-0.4, -0.2) is 35.0 Å². The van der Waals surface area contributed by atoms with Gasteiger partial charge >= 0.3 is 0 Å². The summed E-state index contributed by atoms with van der Waals surface area (Å²) in [4.78, 5) is 15.7. The lowest BCUT2D eigenvalue weighted by atomic mass is 10.1. The van der Waals surface area contributed by atoms with Gasteiger partial charge in [0.25, 0.3) is 0 Å². The molecular weight excluding hydrogens is 512 g/mol. The fraction of sp³-hybridized carbons (Fsp3) is 0.179. The van der Waals surface area contributed by atoms with Crippen LogP contribution in [0.1, 0.15) is 16.7 Å². The first-order valence-corrected chi connectivity index (χ1v) is 13.9. The molecule has 0 unspecified atom stereocenters. The Kier molecular flexibility index (Phi) is 6.94. The van der Waals surface area contributed by atoms with Crippen LogP contribution in [0, 0.1) is 13.8 Å². The van der Waals surface area contributed by atoms with Gasteiger partial charge in [-0.1, -0.05) is 35.9 Å². The van der Waals surface area contributed by atoms with Gasteiger partial charge in [-0.3, -0.25) is 0 Å². The number of aryl methyl sites for hydroxylation is 3. The normalized spacial score (nSPS) is 11.5. The van der Waals surface area contributed by atoms with E-state index in [2.05, 4.69) is 51.8 Å². The summed E-state index contributed by atoms with van der Waals surface area (Å²) in [5.74, 6) is 1.76. The zero-order valence-electron chi connectivity index (χ0n) is 22.2. The molecule has 0 bridgehead atoms. The van der Waals surface area contributed by atoms with E-state index in [-0.39, 0.29) is 4.90 Å². The van der Waals surface area contributed by atoms with Crippen molar-refractivity contribution in [2.45, 2.75) is 25.3 Å². The van der Waals surface area contributed by atoms with E-state index in [9.17, 15) is 8.42 Å². The zero-order valence-corrected chi connectivity index (χ0v) is 23.0. The Morgan fingerprint density at radius 3 is 2.49 bits per heavy atom. The monoisotopic (exact) mass is 542 g/mol. The van der Waals surface area contributed by atoms with Crippen LogP contribution < -0.4 is 20.7 Å². The van der Waals surface area contributed by atoms with E-state index in [1.54, 1.807) is 31.3 Å². The van der Waals surface area contributed by atoms with E-state index in [1.807, 2.05) is 41.8 Å². The maximum absolute atomic E-state index is 11.9. The Hall–Kier alpha value is -4.48.